The quantitative estimate of drug-likeness (QED) is 0.578. The Balaban J connectivity index is 1.23. The SMILES string of the molecule is c1ccc2nc(NC3CC(n4c(C5CC5)nc5cccnc54)C3)ccc2c1. The van der Waals surface area contributed by atoms with E-state index in [9.17, 15) is 0 Å². The standard InChI is InChI=1S/C22H21N5/c1-2-5-18-14(4-1)9-10-20(25-18)24-16-12-17(13-16)27-21(15-7-8-15)26-19-6-3-11-23-22(19)27/h1-6,9-11,15-17H,7-8,12-13H2,(H,24,25). The highest BCUT2D eigenvalue weighted by molar-refractivity contribution is 5.80. The van der Waals surface area contributed by atoms with Crippen LogP contribution in [0.5, 0.6) is 0 Å². The maximum atomic E-state index is 4.89. The van der Waals surface area contributed by atoms with Gasteiger partial charge in [-0.2, -0.15) is 0 Å². The Morgan fingerprint density at radius 2 is 1.74 bits per heavy atom. The van der Waals surface area contributed by atoms with E-state index in [0.717, 1.165) is 35.3 Å². The zero-order chi connectivity index (χ0) is 17.8. The minimum absolute atomic E-state index is 0.455. The molecule has 134 valence electrons. The Hall–Kier alpha value is -2.95. The summed E-state index contributed by atoms with van der Waals surface area (Å²) in [4.78, 5) is 14.3. The van der Waals surface area contributed by atoms with Gasteiger partial charge in [0, 0.05) is 29.6 Å². The van der Waals surface area contributed by atoms with Crippen molar-refractivity contribution in [2.75, 3.05) is 5.32 Å². The molecule has 1 N–H and O–H groups in total. The number of imidazole rings is 1. The van der Waals surface area contributed by atoms with Crippen LogP contribution in [0.2, 0.25) is 0 Å². The van der Waals surface area contributed by atoms with Crippen molar-refractivity contribution in [3.8, 4) is 0 Å². The van der Waals surface area contributed by atoms with Crippen LogP contribution in [0, 0.1) is 0 Å². The molecule has 0 aliphatic heterocycles. The van der Waals surface area contributed by atoms with E-state index in [4.69, 9.17) is 9.97 Å². The van der Waals surface area contributed by atoms with E-state index in [1.54, 1.807) is 0 Å². The number of nitrogens with zero attached hydrogens (tertiary/aromatic N) is 4. The summed E-state index contributed by atoms with van der Waals surface area (Å²) in [6, 6.07) is 17.5. The minimum atomic E-state index is 0.455. The van der Waals surface area contributed by atoms with E-state index < -0.39 is 0 Å². The molecule has 4 aromatic rings. The van der Waals surface area contributed by atoms with Crippen molar-refractivity contribution in [2.45, 2.75) is 43.7 Å². The zero-order valence-electron chi connectivity index (χ0n) is 15.0. The zero-order valence-corrected chi connectivity index (χ0v) is 15.0. The Bertz CT molecular complexity index is 1140. The molecule has 3 aromatic heterocycles. The number of aromatic nitrogens is 4. The first-order valence-electron chi connectivity index (χ1n) is 9.80. The van der Waals surface area contributed by atoms with Crippen LogP contribution in [-0.4, -0.2) is 25.6 Å². The van der Waals surface area contributed by atoms with Gasteiger partial charge in [-0.25, -0.2) is 15.0 Å². The normalized spacial score (nSPS) is 22.1. The molecule has 0 atom stereocenters. The minimum Gasteiger partial charge on any atom is -0.367 e. The van der Waals surface area contributed by atoms with E-state index in [1.165, 1.54) is 24.1 Å². The van der Waals surface area contributed by atoms with Gasteiger partial charge in [-0.3, -0.25) is 0 Å². The summed E-state index contributed by atoms with van der Waals surface area (Å²) in [7, 11) is 0. The summed E-state index contributed by atoms with van der Waals surface area (Å²) < 4.78 is 2.42. The van der Waals surface area contributed by atoms with Gasteiger partial charge in [0.25, 0.3) is 0 Å². The highest BCUT2D eigenvalue weighted by Crippen LogP contribution is 2.45. The summed E-state index contributed by atoms with van der Waals surface area (Å²) >= 11 is 0. The van der Waals surface area contributed by atoms with Crippen LogP contribution < -0.4 is 5.32 Å². The molecular formula is C22H21N5. The topological polar surface area (TPSA) is 55.6 Å². The van der Waals surface area contributed by atoms with Gasteiger partial charge in [0.05, 0.1) is 5.52 Å². The molecule has 5 heteroatoms. The number of pyridine rings is 2. The van der Waals surface area contributed by atoms with Crippen molar-refractivity contribution >= 4 is 27.9 Å². The number of fused-ring (bicyclic) bond motifs is 2. The maximum absolute atomic E-state index is 4.89. The molecule has 3 heterocycles. The van der Waals surface area contributed by atoms with Gasteiger partial charge in [-0.15, -0.1) is 0 Å². The molecular weight excluding hydrogens is 334 g/mol. The molecule has 0 saturated heterocycles. The average molecular weight is 355 g/mol. The molecule has 0 spiro atoms. The molecule has 0 bridgehead atoms. The Labute approximate surface area is 157 Å². The van der Waals surface area contributed by atoms with Crippen LogP contribution in [0.25, 0.3) is 22.1 Å². The third-order valence-corrected chi connectivity index (χ3v) is 5.85. The molecule has 1 aromatic carbocycles. The molecule has 6 rings (SSSR count). The van der Waals surface area contributed by atoms with Gasteiger partial charge in [-0.05, 0) is 56.0 Å². The van der Waals surface area contributed by atoms with Crippen molar-refractivity contribution in [3.05, 3.63) is 60.6 Å². The maximum Gasteiger partial charge on any atom is 0.160 e. The van der Waals surface area contributed by atoms with Crippen molar-refractivity contribution < 1.29 is 0 Å². The van der Waals surface area contributed by atoms with Crippen molar-refractivity contribution in [3.63, 3.8) is 0 Å². The number of benzene rings is 1. The van der Waals surface area contributed by atoms with Crippen LogP contribution in [0.15, 0.2) is 54.7 Å². The second-order valence-corrected chi connectivity index (χ2v) is 7.82. The third kappa shape index (κ3) is 2.57. The predicted molar refractivity (Wildman–Crippen MR) is 107 cm³/mol. The van der Waals surface area contributed by atoms with E-state index in [1.807, 2.05) is 18.3 Å². The molecule has 0 radical (unpaired) electrons. The highest BCUT2D eigenvalue weighted by Gasteiger charge is 2.37. The largest absolute Gasteiger partial charge is 0.367 e. The average Bonchev–Trinajstić information content (AvgIpc) is 3.45. The van der Waals surface area contributed by atoms with Gasteiger partial charge in [0.1, 0.15) is 17.2 Å². The number of nitrogens with one attached hydrogen (secondary N) is 1. The van der Waals surface area contributed by atoms with Crippen LogP contribution in [0.3, 0.4) is 0 Å². The van der Waals surface area contributed by atoms with E-state index in [-0.39, 0.29) is 0 Å². The first-order valence-corrected chi connectivity index (χ1v) is 9.80. The van der Waals surface area contributed by atoms with Crippen molar-refractivity contribution in [2.24, 2.45) is 0 Å². The van der Waals surface area contributed by atoms with Crippen molar-refractivity contribution in [1.82, 2.24) is 19.5 Å². The monoisotopic (exact) mass is 355 g/mol. The number of anilines is 1. The summed E-state index contributed by atoms with van der Waals surface area (Å²) in [5.41, 5.74) is 3.12. The van der Waals surface area contributed by atoms with Crippen LogP contribution in [0.4, 0.5) is 5.82 Å². The Kier molecular flexibility index (Phi) is 3.24. The molecule has 2 aliphatic carbocycles. The van der Waals surface area contributed by atoms with E-state index in [2.05, 4.69) is 51.3 Å². The highest BCUT2D eigenvalue weighted by atomic mass is 15.2. The fourth-order valence-corrected chi connectivity index (χ4v) is 4.21. The smallest absolute Gasteiger partial charge is 0.160 e. The number of rotatable bonds is 4. The molecule has 27 heavy (non-hydrogen) atoms. The molecule has 0 unspecified atom stereocenters. The van der Waals surface area contributed by atoms with E-state index in [0.29, 0.717) is 18.0 Å². The number of hydrogen-bond donors (Lipinski definition) is 1. The fraction of sp³-hybridized carbons (Fsp3) is 0.318. The van der Waals surface area contributed by atoms with Crippen molar-refractivity contribution in [1.29, 1.82) is 0 Å². The molecule has 2 aliphatic rings. The first-order chi connectivity index (χ1) is 13.3. The molecule has 2 saturated carbocycles. The summed E-state index contributed by atoms with van der Waals surface area (Å²) in [6.45, 7) is 0. The van der Waals surface area contributed by atoms with Gasteiger partial charge in [-0.1, -0.05) is 18.2 Å². The number of hydrogen-bond acceptors (Lipinski definition) is 4. The summed E-state index contributed by atoms with van der Waals surface area (Å²) in [5, 5.41) is 4.79. The summed E-state index contributed by atoms with van der Waals surface area (Å²) in [5.74, 6) is 2.84. The second-order valence-electron chi connectivity index (χ2n) is 7.82. The second kappa shape index (κ2) is 5.78. The molecule has 0 amide bonds. The van der Waals surface area contributed by atoms with Gasteiger partial charge in [0.15, 0.2) is 5.65 Å². The molecule has 2 fully saturated rings. The lowest BCUT2D eigenvalue weighted by Gasteiger charge is -2.38. The number of para-hydroxylation sites is 1. The van der Waals surface area contributed by atoms with Gasteiger partial charge >= 0.3 is 0 Å². The first kappa shape index (κ1) is 15.1. The third-order valence-electron chi connectivity index (χ3n) is 5.85. The van der Waals surface area contributed by atoms with E-state index >= 15 is 0 Å². The predicted octanol–water partition coefficient (Wildman–Crippen LogP) is 4.67. The Morgan fingerprint density at radius 1 is 0.889 bits per heavy atom. The van der Waals surface area contributed by atoms with Gasteiger partial charge < -0.3 is 9.88 Å². The lowest BCUT2D eigenvalue weighted by atomic mass is 9.86. The van der Waals surface area contributed by atoms with Crippen LogP contribution in [-0.2, 0) is 0 Å². The lowest BCUT2D eigenvalue weighted by Crippen LogP contribution is -2.37. The fourth-order valence-electron chi connectivity index (χ4n) is 4.21. The van der Waals surface area contributed by atoms with Gasteiger partial charge in [0.2, 0.25) is 0 Å². The molecule has 5 nitrogen and oxygen atoms in total. The summed E-state index contributed by atoms with van der Waals surface area (Å²) in [6.07, 6.45) is 6.59. The lowest BCUT2D eigenvalue weighted by molar-refractivity contribution is 0.281. The van der Waals surface area contributed by atoms with Crippen LogP contribution in [0.1, 0.15) is 43.5 Å². The van der Waals surface area contributed by atoms with Crippen LogP contribution >= 0.6 is 0 Å². The Morgan fingerprint density at radius 3 is 2.63 bits per heavy atom.